The number of carbonyl (C=O) groups excluding carboxylic acids is 1. The van der Waals surface area contributed by atoms with Crippen molar-refractivity contribution >= 4 is 43.4 Å². The molecule has 1 unspecified atom stereocenters. The quantitative estimate of drug-likeness (QED) is 0.440. The maximum Gasteiger partial charge on any atom is 0.554 e. The highest BCUT2D eigenvalue weighted by Gasteiger charge is 2.41. The van der Waals surface area contributed by atoms with E-state index < -0.39 is 21.8 Å². The van der Waals surface area contributed by atoms with Crippen LogP contribution in [0.3, 0.4) is 0 Å². The molecule has 0 saturated heterocycles. The molecule has 0 radical (unpaired) electrons. The highest BCUT2D eigenvalue weighted by atomic mass is 32.2. The third-order valence-corrected chi connectivity index (χ3v) is 6.22. The molecule has 0 spiro atoms. The number of benzene rings is 1. The summed E-state index contributed by atoms with van der Waals surface area (Å²) in [5, 5.41) is 14.8. The number of urea groups is 1. The van der Waals surface area contributed by atoms with Crippen molar-refractivity contribution in [1.29, 1.82) is 0 Å². The lowest BCUT2D eigenvalue weighted by Crippen LogP contribution is -2.23. The van der Waals surface area contributed by atoms with Gasteiger partial charge in [0, 0.05) is 18.0 Å². The number of amides is 2. The van der Waals surface area contributed by atoms with Crippen LogP contribution in [0.2, 0.25) is 0 Å². The van der Waals surface area contributed by atoms with Crippen LogP contribution in [-0.4, -0.2) is 31.4 Å². The van der Waals surface area contributed by atoms with Crippen LogP contribution in [0.15, 0.2) is 54.9 Å². The van der Waals surface area contributed by atoms with E-state index in [1.54, 1.807) is 18.3 Å². The van der Waals surface area contributed by atoms with Gasteiger partial charge >= 0.3 is 11.3 Å². The molecule has 0 saturated carbocycles. The van der Waals surface area contributed by atoms with Crippen molar-refractivity contribution in [3.63, 3.8) is 0 Å². The first-order chi connectivity index (χ1) is 13.6. The number of hydrogen-bond acceptors (Lipinski definition) is 5. The highest BCUT2D eigenvalue weighted by Crippen LogP contribution is 2.52. The summed E-state index contributed by atoms with van der Waals surface area (Å²) in [4.78, 5) is 38.2. The lowest BCUT2D eigenvalue weighted by Gasteiger charge is -2.13. The van der Waals surface area contributed by atoms with Gasteiger partial charge in [-0.05, 0) is 12.1 Å². The van der Waals surface area contributed by atoms with Gasteiger partial charge in [0.2, 0.25) is 5.82 Å². The van der Waals surface area contributed by atoms with Gasteiger partial charge in [0.15, 0.2) is 0 Å². The fraction of sp³-hybridized carbons (Fsp3) is 0. The topological polar surface area (TPSA) is 117 Å². The number of carboxylic acid groups (broad SMARTS) is 1. The van der Waals surface area contributed by atoms with Crippen molar-refractivity contribution < 1.29 is 14.7 Å². The van der Waals surface area contributed by atoms with Crippen LogP contribution in [0.4, 0.5) is 21.0 Å². The molecule has 28 heavy (non-hydrogen) atoms. The van der Waals surface area contributed by atoms with Gasteiger partial charge in [0.1, 0.15) is 21.5 Å². The summed E-state index contributed by atoms with van der Waals surface area (Å²) in [7, 11) is -1.42. The predicted octanol–water partition coefficient (Wildman–Crippen LogP) is 4.59. The Bertz CT molecular complexity index is 1270. The van der Waals surface area contributed by atoms with Crippen molar-refractivity contribution in [3.05, 3.63) is 54.9 Å². The molecule has 0 bridgehead atoms. The SMILES string of the molecule is O=C1Nc2ccnc3c2c(c(-c2nccc(-c4ccccc4)n2)[s+]3C(=O)O)N1. The van der Waals surface area contributed by atoms with Crippen LogP contribution in [0.1, 0.15) is 0 Å². The normalized spacial score (nSPS) is 13.1. The number of thiophene rings is 1. The minimum absolute atomic E-state index is 0.258. The Morgan fingerprint density at radius 3 is 2.57 bits per heavy atom. The van der Waals surface area contributed by atoms with Crippen LogP contribution >= 0.6 is 10.5 Å². The summed E-state index contributed by atoms with van der Waals surface area (Å²) in [6.45, 7) is 0. The smallest absolute Gasteiger partial charge is 0.437 e. The van der Waals surface area contributed by atoms with E-state index >= 15 is 0 Å². The molecular weight excluding hydrogens is 378 g/mol. The third-order valence-electron chi connectivity index (χ3n) is 4.38. The van der Waals surface area contributed by atoms with E-state index in [-0.39, 0.29) is 5.82 Å². The van der Waals surface area contributed by atoms with Gasteiger partial charge in [-0.25, -0.2) is 19.7 Å². The van der Waals surface area contributed by atoms with Crippen molar-refractivity contribution in [2.24, 2.45) is 0 Å². The summed E-state index contributed by atoms with van der Waals surface area (Å²) < 4.78 is 0. The minimum atomic E-state index is -1.42. The maximum atomic E-state index is 12.1. The first-order valence-electron chi connectivity index (χ1n) is 8.31. The van der Waals surface area contributed by atoms with Crippen LogP contribution < -0.4 is 10.6 Å². The van der Waals surface area contributed by atoms with E-state index in [2.05, 4.69) is 25.6 Å². The predicted molar refractivity (Wildman–Crippen MR) is 107 cm³/mol. The van der Waals surface area contributed by atoms with Gasteiger partial charge in [0.05, 0.1) is 11.4 Å². The molecule has 2 amide bonds. The van der Waals surface area contributed by atoms with Crippen LogP contribution in [0, 0.1) is 0 Å². The number of nitrogens with one attached hydrogen (secondary N) is 2. The van der Waals surface area contributed by atoms with Crippen LogP contribution in [0.5, 0.6) is 0 Å². The van der Waals surface area contributed by atoms with E-state index in [9.17, 15) is 14.7 Å². The molecule has 1 aliphatic rings. The van der Waals surface area contributed by atoms with Gasteiger partial charge in [-0.2, -0.15) is 4.79 Å². The summed E-state index contributed by atoms with van der Waals surface area (Å²) in [6, 6.07) is 12.5. The molecule has 0 aliphatic carbocycles. The van der Waals surface area contributed by atoms with E-state index in [0.29, 0.717) is 32.2 Å². The van der Waals surface area contributed by atoms with E-state index in [1.165, 1.54) is 6.20 Å². The number of aromatic nitrogens is 3. The van der Waals surface area contributed by atoms with Crippen molar-refractivity contribution in [1.82, 2.24) is 15.0 Å². The van der Waals surface area contributed by atoms with E-state index in [4.69, 9.17) is 0 Å². The standard InChI is InChI=1S/C19H11N5O3S/c25-18-23-12-7-9-21-17-13(12)14(24-18)15(28(17)19(26)27)16-20-8-6-11(22-16)10-4-2-1-3-5-10/h1-9H,(H2-,20,21,22,23,24,25,26,27)/p+1. The average molecular weight is 390 g/mol. The second-order valence-corrected chi connectivity index (χ2v) is 7.78. The lowest BCUT2D eigenvalue weighted by molar-refractivity contribution is 0.221. The number of nitrogens with zero attached hydrogens (tertiary/aromatic N) is 3. The monoisotopic (exact) mass is 390 g/mol. The molecule has 1 aromatic carbocycles. The number of rotatable bonds is 3. The fourth-order valence-corrected chi connectivity index (χ4v) is 5.01. The van der Waals surface area contributed by atoms with Crippen LogP contribution in [0.25, 0.3) is 32.2 Å². The second kappa shape index (κ2) is 6.10. The molecular formula is C19H12N5O3S+. The van der Waals surface area contributed by atoms with Gasteiger partial charge in [0.25, 0.3) is 9.71 Å². The van der Waals surface area contributed by atoms with Crippen molar-refractivity contribution in [2.45, 2.75) is 0 Å². The molecule has 1 aliphatic heterocycles. The molecule has 4 heterocycles. The van der Waals surface area contributed by atoms with Crippen molar-refractivity contribution in [2.75, 3.05) is 10.6 Å². The molecule has 136 valence electrons. The molecule has 3 aromatic heterocycles. The molecule has 4 aromatic rings. The summed E-state index contributed by atoms with van der Waals surface area (Å²) in [5.41, 5.74) is 2.47. The fourth-order valence-electron chi connectivity index (χ4n) is 3.25. The molecule has 3 N–H and O–H groups in total. The zero-order chi connectivity index (χ0) is 19.3. The average Bonchev–Trinajstić information content (AvgIpc) is 3.04. The second-order valence-electron chi connectivity index (χ2n) is 6.03. The Morgan fingerprint density at radius 2 is 1.79 bits per heavy atom. The highest BCUT2D eigenvalue weighted by molar-refractivity contribution is 7.57. The molecule has 9 heteroatoms. The Kier molecular flexibility index (Phi) is 3.56. The molecule has 8 nitrogen and oxygen atoms in total. The zero-order valence-corrected chi connectivity index (χ0v) is 15.0. The maximum absolute atomic E-state index is 12.1. The van der Waals surface area contributed by atoms with Gasteiger partial charge in [-0.3, -0.25) is 0 Å². The Labute approximate surface area is 160 Å². The number of hydrogen-bond donors (Lipinski definition) is 3. The first-order valence-corrected chi connectivity index (χ1v) is 9.53. The van der Waals surface area contributed by atoms with Gasteiger partial charge < -0.3 is 15.7 Å². The van der Waals surface area contributed by atoms with Gasteiger partial charge in [-0.15, -0.1) is 0 Å². The number of pyridine rings is 1. The molecule has 0 fully saturated rings. The Balaban J connectivity index is 1.82. The lowest BCUT2D eigenvalue weighted by atomic mass is 10.1. The molecule has 5 rings (SSSR count). The first kappa shape index (κ1) is 16.3. The van der Waals surface area contributed by atoms with E-state index in [0.717, 1.165) is 5.56 Å². The zero-order valence-electron chi connectivity index (χ0n) is 14.2. The number of anilines is 2. The van der Waals surface area contributed by atoms with E-state index in [1.807, 2.05) is 30.3 Å². The third kappa shape index (κ3) is 2.41. The minimum Gasteiger partial charge on any atom is -0.437 e. The summed E-state index contributed by atoms with van der Waals surface area (Å²) >= 11 is 0. The molecule has 1 atom stereocenters. The Morgan fingerprint density at radius 1 is 1.00 bits per heavy atom. The number of carbonyl (C=O) groups is 2. The van der Waals surface area contributed by atoms with Gasteiger partial charge in [-0.1, -0.05) is 30.3 Å². The largest absolute Gasteiger partial charge is 0.554 e. The summed E-state index contributed by atoms with van der Waals surface area (Å²) in [5.74, 6) is 0.258. The van der Waals surface area contributed by atoms with Crippen LogP contribution in [-0.2, 0) is 0 Å². The summed E-state index contributed by atoms with van der Waals surface area (Å²) in [6.07, 6.45) is 3.08. The Hall–Kier alpha value is -3.85. The van der Waals surface area contributed by atoms with Crippen molar-refractivity contribution in [3.8, 4) is 22.0 Å².